The zero-order valence-electron chi connectivity index (χ0n) is 38.3. The van der Waals surface area contributed by atoms with Crippen molar-refractivity contribution < 1.29 is 57.7 Å². The first kappa shape index (κ1) is 49.6. The number of carboxylic acid groups (broad SMARTS) is 1. The van der Waals surface area contributed by atoms with Crippen molar-refractivity contribution in [2.45, 2.75) is 120 Å². The van der Waals surface area contributed by atoms with Crippen LogP contribution in [0.25, 0.3) is 0 Å². The van der Waals surface area contributed by atoms with Crippen molar-refractivity contribution in [3.63, 3.8) is 0 Å². The number of hydrogen-bond donors (Lipinski definition) is 11. The first-order valence-electron chi connectivity index (χ1n) is 22.3. The van der Waals surface area contributed by atoms with Crippen molar-refractivity contribution in [3.8, 4) is 11.5 Å². The standard InChI is InChI=1S/C45H60N10O12/c1-7-44(5,37(42(64)65)54-34(59)18-48-32(57)17-47-6)67-31-10-8-9-27-35(31)55-43-45(27)16-26(20-56)51-39(61)23(4)50-33(58)19-49-40(62)30-15-24-13-25(36(66-43)28(45)14-24)11-21(2)12-29(41(63)53-30)52-38(60)22(3)46/h8-10,13-14,20-23,26,29-30,37,43,47,55H,7,11-12,15-19,46H2,1-6H3,(H,48,57)(H,49,62)(H,50,58)(H,51,61)(H,52,60)(H,53,63)(H,54,59)(H,64,65)/t21-,22?,23-,26-,29-,30-,37+,43+,44+,45-/m0/s1. The summed E-state index contributed by atoms with van der Waals surface area (Å²) in [7, 11) is 1.56. The number of nitrogens with one attached hydrogen (secondary N) is 9. The molecule has 2 aromatic carbocycles. The van der Waals surface area contributed by atoms with Gasteiger partial charge in [-0.3, -0.25) is 33.6 Å². The molecule has 4 heterocycles. The Kier molecular flexibility index (Phi) is 15.1. The number of carbonyl (C=O) groups excluding carboxylic acids is 8. The maximum absolute atomic E-state index is 14.0. The monoisotopic (exact) mass is 932 g/mol. The summed E-state index contributed by atoms with van der Waals surface area (Å²) in [6.45, 7) is 6.91. The van der Waals surface area contributed by atoms with Crippen LogP contribution in [-0.2, 0) is 61.4 Å². The van der Waals surface area contributed by atoms with Gasteiger partial charge in [-0.25, -0.2) is 4.79 Å². The van der Waals surface area contributed by atoms with E-state index in [9.17, 15) is 48.3 Å². The minimum Gasteiger partial charge on any atom is -0.483 e. The van der Waals surface area contributed by atoms with Crippen LogP contribution in [0.4, 0.5) is 5.69 Å². The molecule has 12 N–H and O–H groups in total. The molecule has 1 unspecified atom stereocenters. The van der Waals surface area contributed by atoms with Gasteiger partial charge in [0.15, 0.2) is 12.3 Å². The van der Waals surface area contributed by atoms with Crippen LogP contribution in [0.5, 0.6) is 11.5 Å². The molecule has 2 aromatic rings. The van der Waals surface area contributed by atoms with Crippen LogP contribution >= 0.6 is 0 Å². The summed E-state index contributed by atoms with van der Waals surface area (Å²) in [6.07, 6.45) is -0.0495. The van der Waals surface area contributed by atoms with Crippen molar-refractivity contribution in [3.05, 3.63) is 52.6 Å². The molecule has 0 aliphatic carbocycles. The van der Waals surface area contributed by atoms with Crippen LogP contribution in [0.15, 0.2) is 30.3 Å². The van der Waals surface area contributed by atoms with Crippen molar-refractivity contribution in [2.75, 3.05) is 32.0 Å². The number of carboxylic acids is 1. The third kappa shape index (κ3) is 10.6. The highest BCUT2D eigenvalue weighted by atomic mass is 16.5. The average Bonchev–Trinajstić information content (AvgIpc) is 3.75. The Morgan fingerprint density at radius 1 is 1.00 bits per heavy atom. The first-order chi connectivity index (χ1) is 31.7. The van der Waals surface area contributed by atoms with Gasteiger partial charge >= 0.3 is 5.97 Å². The van der Waals surface area contributed by atoms with E-state index in [1.807, 2.05) is 19.1 Å². The number of aldehydes is 1. The summed E-state index contributed by atoms with van der Waals surface area (Å²) >= 11 is 0. The Morgan fingerprint density at radius 3 is 2.42 bits per heavy atom. The summed E-state index contributed by atoms with van der Waals surface area (Å²) in [4.78, 5) is 118. The Labute approximate surface area is 386 Å². The number of fused-ring (bicyclic) bond motifs is 4. The highest BCUT2D eigenvalue weighted by molar-refractivity contribution is 5.95. The summed E-state index contributed by atoms with van der Waals surface area (Å²) in [5, 5.41) is 34.8. The second-order valence-electron chi connectivity index (χ2n) is 18.0. The normalized spacial score (nSPS) is 26.4. The molecule has 0 radical (unpaired) electrons. The molecule has 362 valence electrons. The number of rotatable bonds is 13. The molecule has 0 saturated carbocycles. The van der Waals surface area contributed by atoms with Crippen LogP contribution in [0.3, 0.4) is 0 Å². The average molecular weight is 933 g/mol. The van der Waals surface area contributed by atoms with Gasteiger partial charge in [0.1, 0.15) is 41.5 Å². The lowest BCUT2D eigenvalue weighted by Crippen LogP contribution is -2.59. The van der Waals surface area contributed by atoms with E-state index in [0.717, 1.165) is 0 Å². The van der Waals surface area contributed by atoms with Gasteiger partial charge in [-0.2, -0.15) is 0 Å². The third-order valence-electron chi connectivity index (χ3n) is 12.7. The molecule has 1 spiro atoms. The number of carbonyl (C=O) groups is 9. The second kappa shape index (κ2) is 20.4. The number of benzene rings is 2. The molecule has 4 aliphatic rings. The van der Waals surface area contributed by atoms with Crippen LogP contribution in [-0.4, -0.2) is 133 Å². The Bertz CT molecular complexity index is 2330. The van der Waals surface area contributed by atoms with Gasteiger partial charge < -0.3 is 73.0 Å². The van der Waals surface area contributed by atoms with Gasteiger partial charge in [-0.1, -0.05) is 38.1 Å². The smallest absolute Gasteiger partial charge is 0.330 e. The molecule has 6 rings (SSSR count). The van der Waals surface area contributed by atoms with E-state index in [4.69, 9.17) is 15.2 Å². The number of anilines is 1. The number of aliphatic carboxylic acids is 1. The molecule has 0 saturated heterocycles. The molecule has 10 atom stereocenters. The lowest BCUT2D eigenvalue weighted by atomic mass is 9.70. The minimum absolute atomic E-state index is 0.0560. The molecule has 7 amide bonds. The number of para-hydroxylation sites is 1. The Morgan fingerprint density at radius 2 is 1.75 bits per heavy atom. The molecular formula is C45H60N10O12. The fourth-order valence-corrected chi connectivity index (χ4v) is 9.11. The predicted molar refractivity (Wildman–Crippen MR) is 239 cm³/mol. The lowest BCUT2D eigenvalue weighted by molar-refractivity contribution is -0.148. The predicted octanol–water partition coefficient (Wildman–Crippen LogP) is -2.28. The van der Waals surface area contributed by atoms with E-state index < -0.39 is 114 Å². The zero-order chi connectivity index (χ0) is 49.0. The van der Waals surface area contributed by atoms with E-state index in [-0.39, 0.29) is 43.9 Å². The molecule has 4 bridgehead atoms. The number of amides is 7. The zero-order valence-corrected chi connectivity index (χ0v) is 38.3. The number of likely N-dealkylation sites (N-methyl/N-ethyl adjacent to an activating group) is 1. The van der Waals surface area contributed by atoms with Gasteiger partial charge in [0.2, 0.25) is 41.4 Å². The summed E-state index contributed by atoms with van der Waals surface area (Å²) in [5.74, 6) is -5.64. The fourth-order valence-electron chi connectivity index (χ4n) is 9.11. The maximum atomic E-state index is 14.0. The van der Waals surface area contributed by atoms with Crippen LogP contribution in [0.1, 0.15) is 76.1 Å². The third-order valence-corrected chi connectivity index (χ3v) is 12.7. The summed E-state index contributed by atoms with van der Waals surface area (Å²) in [5.41, 5.74) is 5.72. The summed E-state index contributed by atoms with van der Waals surface area (Å²) in [6, 6.07) is 1.52. The second-order valence-corrected chi connectivity index (χ2v) is 18.0. The Hall–Kier alpha value is -6.81. The highest BCUT2D eigenvalue weighted by Crippen LogP contribution is 2.59. The van der Waals surface area contributed by atoms with Crippen LogP contribution < -0.4 is 63.1 Å². The molecule has 22 heteroatoms. The molecule has 4 aliphatic heterocycles. The van der Waals surface area contributed by atoms with E-state index in [2.05, 4.69) is 47.9 Å². The SMILES string of the molecule is CC[C@@](C)(Oc1cccc2c1N[C@@H]1Oc3c4cc5cc3[C@]21C[C@@H](C=O)NC(=O)[C@H](C)NC(=O)CNC(=O)[C@H](C5)NC(=O)[C@@H](NC(=O)C(C)N)C[C@@H](C)C4)[C@H](NC(=O)CNC(=O)CNC)C(=O)O. The molecule has 22 nitrogen and oxygen atoms in total. The Balaban J connectivity index is 1.49. The van der Waals surface area contributed by atoms with Crippen molar-refractivity contribution >= 4 is 59.3 Å². The lowest BCUT2D eigenvalue weighted by Gasteiger charge is -2.36. The first-order valence-corrected chi connectivity index (χ1v) is 22.3. The number of nitrogens with two attached hydrogens (primary N) is 1. The molecule has 0 fully saturated rings. The van der Waals surface area contributed by atoms with E-state index in [0.29, 0.717) is 46.4 Å². The van der Waals surface area contributed by atoms with Crippen molar-refractivity contribution in [2.24, 2.45) is 11.7 Å². The largest absolute Gasteiger partial charge is 0.483 e. The number of ether oxygens (including phenoxy) is 2. The highest BCUT2D eigenvalue weighted by Gasteiger charge is 2.58. The van der Waals surface area contributed by atoms with Gasteiger partial charge in [0.05, 0.1) is 42.8 Å². The molecule has 0 aromatic heterocycles. The van der Waals surface area contributed by atoms with Crippen LogP contribution in [0, 0.1) is 5.92 Å². The molecule has 67 heavy (non-hydrogen) atoms. The molecular weight excluding hydrogens is 873 g/mol. The van der Waals surface area contributed by atoms with Gasteiger partial charge in [0, 0.05) is 12.0 Å². The van der Waals surface area contributed by atoms with E-state index in [1.54, 1.807) is 32.2 Å². The van der Waals surface area contributed by atoms with Gasteiger partial charge in [-0.05, 0) is 82.2 Å². The van der Waals surface area contributed by atoms with Gasteiger partial charge in [0.25, 0.3) is 0 Å². The van der Waals surface area contributed by atoms with Gasteiger partial charge in [-0.15, -0.1) is 0 Å². The number of hydrogen-bond acceptors (Lipinski definition) is 14. The van der Waals surface area contributed by atoms with Crippen LogP contribution in [0.2, 0.25) is 0 Å². The van der Waals surface area contributed by atoms with E-state index >= 15 is 0 Å². The summed E-state index contributed by atoms with van der Waals surface area (Å²) < 4.78 is 13.5. The quantitative estimate of drug-likeness (QED) is 0.0943. The van der Waals surface area contributed by atoms with E-state index in [1.165, 1.54) is 20.8 Å². The van der Waals surface area contributed by atoms with Crippen molar-refractivity contribution in [1.29, 1.82) is 0 Å². The topological polar surface area (TPSA) is 327 Å². The fraction of sp³-hybridized carbons (Fsp3) is 0.533. The maximum Gasteiger partial charge on any atom is 0.330 e. The minimum atomic E-state index is -1.61. The van der Waals surface area contributed by atoms with Crippen molar-refractivity contribution in [1.82, 2.24) is 42.5 Å².